The number of aromatic nitrogens is 7. The number of rotatable bonds is 5. The van der Waals surface area contributed by atoms with Gasteiger partial charge in [0.05, 0.1) is 23.1 Å². The molecule has 2 aliphatic heterocycles. The van der Waals surface area contributed by atoms with E-state index in [1.807, 2.05) is 11.0 Å². The third kappa shape index (κ3) is 3.83. The zero-order chi connectivity index (χ0) is 26.8. The first kappa shape index (κ1) is 24.2. The molecule has 2 fully saturated rings. The number of pyridine rings is 1. The van der Waals surface area contributed by atoms with Crippen molar-refractivity contribution in [3.63, 3.8) is 0 Å². The van der Waals surface area contributed by atoms with E-state index in [1.54, 1.807) is 32.3 Å². The molecular formula is C26H29N9O3. The van der Waals surface area contributed by atoms with Crippen LogP contribution in [0.1, 0.15) is 84.7 Å². The largest absolute Gasteiger partial charge is 0.384 e. The van der Waals surface area contributed by atoms with E-state index < -0.39 is 5.60 Å². The molecule has 0 aromatic carbocycles. The molecule has 4 aromatic rings. The molecule has 6 rings (SSSR count). The number of aromatic amines is 1. The summed E-state index contributed by atoms with van der Waals surface area (Å²) in [6.07, 6.45) is 7.77. The molecule has 12 heteroatoms. The normalized spacial score (nSPS) is 21.3. The molecule has 3 atom stereocenters. The number of carbonyl (C=O) groups is 2. The highest BCUT2D eigenvalue weighted by Gasteiger charge is 2.45. The second-order valence-corrected chi connectivity index (χ2v) is 10.7. The van der Waals surface area contributed by atoms with Gasteiger partial charge in [-0.25, -0.2) is 9.97 Å². The van der Waals surface area contributed by atoms with Crippen molar-refractivity contribution < 1.29 is 14.7 Å². The van der Waals surface area contributed by atoms with Crippen LogP contribution >= 0.6 is 0 Å². The Morgan fingerprint density at radius 2 is 1.87 bits per heavy atom. The molecule has 0 radical (unpaired) electrons. The summed E-state index contributed by atoms with van der Waals surface area (Å²) >= 11 is 0. The van der Waals surface area contributed by atoms with Crippen LogP contribution in [0.5, 0.6) is 0 Å². The molecular weight excluding hydrogens is 486 g/mol. The number of nitrogens with one attached hydrogen (secondary N) is 1. The number of H-pyrrole nitrogens is 1. The molecule has 12 nitrogen and oxygen atoms in total. The Balaban J connectivity index is 1.39. The maximum Gasteiger partial charge on any atom is 0.291 e. The molecule has 38 heavy (non-hydrogen) atoms. The molecule has 2 aliphatic rings. The number of nitrogens with zero attached hydrogens (tertiary/aromatic N) is 7. The first-order valence-electron chi connectivity index (χ1n) is 12.7. The van der Waals surface area contributed by atoms with Crippen molar-refractivity contribution >= 4 is 23.2 Å². The average Bonchev–Trinajstić information content (AvgIpc) is 3.61. The van der Waals surface area contributed by atoms with Crippen LogP contribution in [0.4, 0.5) is 5.82 Å². The summed E-state index contributed by atoms with van der Waals surface area (Å²) in [5.41, 5.74) is 9.08. The van der Waals surface area contributed by atoms with Gasteiger partial charge in [-0.05, 0) is 52.5 Å². The summed E-state index contributed by atoms with van der Waals surface area (Å²) < 4.78 is 1.50. The number of nitrogen functional groups attached to an aromatic ring is 1. The Labute approximate surface area is 218 Å². The quantitative estimate of drug-likeness (QED) is 0.338. The minimum Gasteiger partial charge on any atom is -0.384 e. The molecule has 0 aliphatic carbocycles. The molecule has 2 bridgehead atoms. The van der Waals surface area contributed by atoms with Gasteiger partial charge >= 0.3 is 0 Å². The summed E-state index contributed by atoms with van der Waals surface area (Å²) in [6, 6.07) is 3.66. The van der Waals surface area contributed by atoms with Crippen molar-refractivity contribution in [2.24, 2.45) is 0 Å². The van der Waals surface area contributed by atoms with Crippen molar-refractivity contribution in [3.05, 3.63) is 53.6 Å². The Kier molecular flexibility index (Phi) is 5.53. The Morgan fingerprint density at radius 3 is 2.45 bits per heavy atom. The van der Waals surface area contributed by atoms with Gasteiger partial charge in [-0.15, -0.1) is 0 Å². The molecule has 2 saturated heterocycles. The van der Waals surface area contributed by atoms with Crippen LogP contribution in [-0.2, 0) is 5.60 Å². The van der Waals surface area contributed by atoms with Crippen LogP contribution in [0.15, 0.2) is 30.9 Å². The fourth-order valence-electron chi connectivity index (χ4n) is 5.97. The highest BCUT2D eigenvalue weighted by molar-refractivity contribution is 6.00. The van der Waals surface area contributed by atoms with E-state index in [0.717, 1.165) is 24.0 Å². The van der Waals surface area contributed by atoms with Gasteiger partial charge < -0.3 is 15.7 Å². The maximum absolute atomic E-state index is 13.1. The predicted octanol–water partition coefficient (Wildman–Crippen LogP) is 2.47. The van der Waals surface area contributed by atoms with Crippen molar-refractivity contribution in [3.8, 4) is 11.1 Å². The minimum absolute atomic E-state index is 0.0124. The Hall–Kier alpha value is -4.19. The maximum atomic E-state index is 13.1. The van der Waals surface area contributed by atoms with Crippen LogP contribution in [0.2, 0.25) is 0 Å². The van der Waals surface area contributed by atoms with Crippen LogP contribution < -0.4 is 5.73 Å². The van der Waals surface area contributed by atoms with Crippen molar-refractivity contribution in [2.75, 3.05) is 5.73 Å². The van der Waals surface area contributed by atoms with Crippen molar-refractivity contribution in [1.29, 1.82) is 0 Å². The van der Waals surface area contributed by atoms with E-state index in [-0.39, 0.29) is 41.3 Å². The number of nitrogens with two attached hydrogens (primary N) is 1. The predicted molar refractivity (Wildman–Crippen MR) is 137 cm³/mol. The summed E-state index contributed by atoms with van der Waals surface area (Å²) in [7, 11) is 0. The molecule has 196 valence electrons. The number of aliphatic hydroxyl groups is 1. The molecule has 6 heterocycles. The van der Waals surface area contributed by atoms with Crippen molar-refractivity contribution in [1.82, 2.24) is 39.7 Å². The highest BCUT2D eigenvalue weighted by Crippen LogP contribution is 2.45. The highest BCUT2D eigenvalue weighted by atomic mass is 16.3. The van der Waals surface area contributed by atoms with Gasteiger partial charge in [0.2, 0.25) is 5.82 Å². The van der Waals surface area contributed by atoms with E-state index in [0.29, 0.717) is 35.4 Å². The SMILES string of the molecule is CC(=O)c1c(C2C[C@H]3CC[C@@H](C2)N3C(=O)c2ncn[nH]2)nc2c(-c3ccc(C(C)(C)O)nc3)cnn2c1N. The number of anilines is 1. The second-order valence-electron chi connectivity index (χ2n) is 10.7. The number of piperidine rings is 1. The van der Waals surface area contributed by atoms with E-state index >= 15 is 0 Å². The van der Waals surface area contributed by atoms with Crippen LogP contribution in [-0.4, -0.2) is 68.5 Å². The van der Waals surface area contributed by atoms with Crippen molar-refractivity contribution in [2.45, 2.75) is 70.1 Å². The fraction of sp³-hybridized carbons (Fsp3) is 0.423. The van der Waals surface area contributed by atoms with Gasteiger partial charge in [-0.1, -0.05) is 6.07 Å². The van der Waals surface area contributed by atoms with Gasteiger partial charge in [0.15, 0.2) is 11.4 Å². The standard InChI is InChI=1S/C26H29N9O3/c1-13(36)20-21(15-8-16-5-6-17(9-15)34(16)25(37)23-29-12-30-33-23)32-24-18(11-31-35(24)22(20)27)14-4-7-19(28-10-14)26(2,3)38/h4,7,10-12,15-17,38H,5-6,8-9,27H2,1-3H3,(H,29,30,33)/t15?,16-,17+. The first-order valence-corrected chi connectivity index (χ1v) is 12.7. The van der Waals surface area contributed by atoms with Crippen LogP contribution in [0.3, 0.4) is 0 Å². The monoisotopic (exact) mass is 515 g/mol. The smallest absolute Gasteiger partial charge is 0.291 e. The minimum atomic E-state index is -1.06. The lowest BCUT2D eigenvalue weighted by Crippen LogP contribution is -2.46. The number of ketones is 1. The zero-order valence-electron chi connectivity index (χ0n) is 21.4. The molecule has 4 N–H and O–H groups in total. The topological polar surface area (TPSA) is 168 Å². The lowest BCUT2D eigenvalue weighted by molar-refractivity contribution is 0.0556. The third-order valence-electron chi connectivity index (χ3n) is 7.74. The number of hydrogen-bond acceptors (Lipinski definition) is 9. The third-order valence-corrected chi connectivity index (χ3v) is 7.74. The van der Waals surface area contributed by atoms with Gasteiger partial charge in [0.25, 0.3) is 5.91 Å². The Bertz CT molecular complexity index is 1520. The summed E-state index contributed by atoms with van der Waals surface area (Å²) in [6.45, 7) is 4.85. The summed E-state index contributed by atoms with van der Waals surface area (Å²) in [5.74, 6) is 0.117. The number of amides is 1. The number of hydrogen-bond donors (Lipinski definition) is 3. The van der Waals surface area contributed by atoms with E-state index in [2.05, 4.69) is 25.3 Å². The number of carbonyl (C=O) groups excluding carboxylic acids is 2. The lowest BCUT2D eigenvalue weighted by Gasteiger charge is -2.38. The molecule has 4 aromatic heterocycles. The van der Waals surface area contributed by atoms with E-state index in [4.69, 9.17) is 10.7 Å². The zero-order valence-corrected chi connectivity index (χ0v) is 21.4. The van der Waals surface area contributed by atoms with E-state index in [9.17, 15) is 14.7 Å². The van der Waals surface area contributed by atoms with Gasteiger partial charge in [0, 0.05) is 35.3 Å². The van der Waals surface area contributed by atoms with Gasteiger partial charge in [-0.2, -0.15) is 14.7 Å². The lowest BCUT2D eigenvalue weighted by atomic mass is 9.85. The molecule has 1 unspecified atom stereocenters. The van der Waals surface area contributed by atoms with Gasteiger partial charge in [0.1, 0.15) is 17.7 Å². The average molecular weight is 516 g/mol. The molecule has 0 spiro atoms. The van der Waals surface area contributed by atoms with Gasteiger partial charge in [-0.3, -0.25) is 19.7 Å². The molecule has 1 amide bonds. The van der Waals surface area contributed by atoms with Crippen LogP contribution in [0.25, 0.3) is 16.8 Å². The summed E-state index contributed by atoms with van der Waals surface area (Å²) in [4.78, 5) is 41.3. The number of Topliss-reactive ketones (excluding diaryl/α,β-unsaturated/α-hetero) is 1. The number of fused-ring (bicyclic) bond motifs is 3. The Morgan fingerprint density at radius 1 is 1.13 bits per heavy atom. The first-order chi connectivity index (χ1) is 18.1. The fourth-order valence-corrected chi connectivity index (χ4v) is 5.97. The molecule has 0 saturated carbocycles. The second kappa shape index (κ2) is 8.69. The van der Waals surface area contributed by atoms with E-state index in [1.165, 1.54) is 17.8 Å². The summed E-state index contributed by atoms with van der Waals surface area (Å²) in [5, 5.41) is 21.2. The van der Waals surface area contributed by atoms with Crippen LogP contribution in [0, 0.1) is 0 Å².